The van der Waals surface area contributed by atoms with Crippen LogP contribution >= 0.6 is 0 Å². The fourth-order valence-corrected chi connectivity index (χ4v) is 1.66. The number of rotatable bonds is 7. The van der Waals surface area contributed by atoms with Crippen LogP contribution < -0.4 is 5.32 Å². The Morgan fingerprint density at radius 3 is 2.84 bits per heavy atom. The summed E-state index contributed by atoms with van der Waals surface area (Å²) in [6, 6.07) is 7.02. The number of carboxylic acids is 1. The second-order valence-corrected chi connectivity index (χ2v) is 3.82. The smallest absolute Gasteiger partial charge is 0.307 e. The maximum absolute atomic E-state index is 10.8. The molecule has 5 nitrogen and oxygen atoms in total. The molecular weight excluding hydrogens is 246 g/mol. The molecule has 0 fully saturated rings. The normalized spacial score (nSPS) is 11.2. The van der Waals surface area contributed by atoms with Crippen LogP contribution in [0.15, 0.2) is 42.6 Å². The fraction of sp³-hybridized carbons (Fsp3) is 0.214. The number of nitrogens with one attached hydrogen (secondary N) is 1. The first-order valence-electron chi connectivity index (χ1n) is 5.57. The van der Waals surface area contributed by atoms with Crippen molar-refractivity contribution in [2.75, 3.05) is 7.11 Å². The van der Waals surface area contributed by atoms with Gasteiger partial charge in [0.25, 0.3) is 0 Å². The van der Waals surface area contributed by atoms with E-state index in [2.05, 4.69) is 11.9 Å². The predicted molar refractivity (Wildman–Crippen MR) is 70.1 cm³/mol. The van der Waals surface area contributed by atoms with Crippen molar-refractivity contribution in [2.45, 2.75) is 12.6 Å². The molecule has 1 atom stereocenters. The van der Waals surface area contributed by atoms with Gasteiger partial charge in [-0.1, -0.05) is 30.8 Å². The summed E-state index contributed by atoms with van der Waals surface area (Å²) in [6.45, 7) is 3.62. The Kier molecular flexibility index (Phi) is 5.54. The fourth-order valence-electron chi connectivity index (χ4n) is 1.66. The minimum Gasteiger partial charge on any atom is -0.481 e. The Labute approximate surface area is 111 Å². The third-order valence-electron chi connectivity index (χ3n) is 2.46. The lowest BCUT2D eigenvalue weighted by molar-refractivity contribution is -0.136. The van der Waals surface area contributed by atoms with Gasteiger partial charge in [-0.05, 0) is 5.56 Å². The Bertz CT molecular complexity index is 518. The van der Waals surface area contributed by atoms with Gasteiger partial charge in [-0.2, -0.15) is 0 Å². The Morgan fingerprint density at radius 1 is 1.58 bits per heavy atom. The van der Waals surface area contributed by atoms with Crippen molar-refractivity contribution in [1.82, 2.24) is 5.32 Å². The average Bonchev–Trinajstić information content (AvgIpc) is 2.36. The van der Waals surface area contributed by atoms with Gasteiger partial charge in [0.15, 0.2) is 6.23 Å². The van der Waals surface area contributed by atoms with Gasteiger partial charge in [0.1, 0.15) is 5.94 Å². The van der Waals surface area contributed by atoms with E-state index in [0.717, 1.165) is 6.08 Å². The van der Waals surface area contributed by atoms with Crippen molar-refractivity contribution in [3.8, 4) is 0 Å². The number of carbonyl (C=O) groups is 1. The van der Waals surface area contributed by atoms with Crippen molar-refractivity contribution < 1.29 is 19.4 Å². The Hall–Kier alpha value is -2.36. The highest BCUT2D eigenvalue weighted by molar-refractivity contribution is 5.70. The lowest BCUT2D eigenvalue weighted by atomic mass is 10.0. The number of allylic oxidation sites excluding steroid dienone is 1. The van der Waals surface area contributed by atoms with E-state index in [4.69, 9.17) is 9.84 Å². The summed E-state index contributed by atoms with van der Waals surface area (Å²) < 4.78 is 5.26. The molecule has 0 radical (unpaired) electrons. The molecule has 1 unspecified atom stereocenters. The van der Waals surface area contributed by atoms with Gasteiger partial charge in [0.2, 0.25) is 0 Å². The van der Waals surface area contributed by atoms with E-state index in [1.807, 2.05) is 0 Å². The third kappa shape index (κ3) is 4.43. The van der Waals surface area contributed by atoms with Gasteiger partial charge in [0.05, 0.1) is 6.42 Å². The summed E-state index contributed by atoms with van der Waals surface area (Å²) in [5.41, 5.74) is 1.66. The van der Waals surface area contributed by atoms with Gasteiger partial charge in [-0.15, -0.1) is 0 Å². The molecule has 0 spiro atoms. The minimum absolute atomic E-state index is 0.103. The van der Waals surface area contributed by atoms with E-state index in [0.29, 0.717) is 16.8 Å². The van der Waals surface area contributed by atoms with Crippen LogP contribution in [-0.4, -0.2) is 24.1 Å². The molecule has 100 valence electrons. The molecule has 1 aromatic rings. The van der Waals surface area contributed by atoms with Crippen molar-refractivity contribution in [1.29, 1.82) is 0 Å². The zero-order valence-electron chi connectivity index (χ0n) is 10.6. The highest BCUT2D eigenvalue weighted by Gasteiger charge is 2.15. The summed E-state index contributed by atoms with van der Waals surface area (Å²) in [5.74, 6) is 0.686. The number of ether oxygens (including phenoxy) is 1. The van der Waals surface area contributed by atoms with Gasteiger partial charge in [-0.25, -0.2) is 4.79 Å². The van der Waals surface area contributed by atoms with E-state index in [9.17, 15) is 9.59 Å². The largest absolute Gasteiger partial charge is 0.481 e. The zero-order chi connectivity index (χ0) is 14.3. The number of carboxylic acid groups (broad SMARTS) is 1. The predicted octanol–water partition coefficient (Wildman–Crippen LogP) is 1.45. The maximum atomic E-state index is 10.8. The van der Waals surface area contributed by atoms with Crippen LogP contribution in [0.1, 0.15) is 17.4 Å². The number of aliphatic carboxylic acids is 1. The molecule has 0 aliphatic carbocycles. The van der Waals surface area contributed by atoms with Crippen LogP contribution in [0.5, 0.6) is 0 Å². The van der Waals surface area contributed by atoms with Crippen molar-refractivity contribution in [2.24, 2.45) is 0 Å². The van der Waals surface area contributed by atoms with Gasteiger partial charge in [-0.3, -0.25) is 4.79 Å². The van der Waals surface area contributed by atoms with Crippen LogP contribution in [0.25, 0.3) is 0 Å². The summed E-state index contributed by atoms with van der Waals surface area (Å²) in [4.78, 5) is 21.1. The molecule has 0 aliphatic heterocycles. The summed E-state index contributed by atoms with van der Waals surface area (Å²) in [5, 5.41) is 11.7. The molecule has 0 saturated carbocycles. The maximum Gasteiger partial charge on any atom is 0.307 e. The Morgan fingerprint density at radius 2 is 2.26 bits per heavy atom. The van der Waals surface area contributed by atoms with Gasteiger partial charge < -0.3 is 15.2 Å². The molecular formula is C14H15NO4. The number of benzene rings is 1. The molecule has 0 amide bonds. The first kappa shape index (κ1) is 14.7. The molecule has 0 bridgehead atoms. The molecule has 0 heterocycles. The highest BCUT2D eigenvalue weighted by Crippen LogP contribution is 2.20. The van der Waals surface area contributed by atoms with Gasteiger partial charge in [0, 0.05) is 24.4 Å². The van der Waals surface area contributed by atoms with Crippen LogP contribution in [-0.2, 0) is 20.7 Å². The summed E-state index contributed by atoms with van der Waals surface area (Å²) in [7, 11) is 1.48. The topological polar surface area (TPSA) is 75.6 Å². The lowest BCUT2D eigenvalue weighted by Crippen LogP contribution is -2.23. The standard InChI is InChI=1S/C14H15NO4/c1-10(7-8-16)15-14(19-2)12-6-4-3-5-11(12)9-13(17)18/h3-7,14-15H,1,9H2,2H3,(H,17,18). The first-order chi connectivity index (χ1) is 9.08. The van der Waals surface area contributed by atoms with E-state index in [1.165, 1.54) is 7.11 Å². The molecule has 1 aromatic carbocycles. The molecule has 1 rings (SSSR count). The molecule has 2 N–H and O–H groups in total. The average molecular weight is 261 g/mol. The second-order valence-electron chi connectivity index (χ2n) is 3.82. The van der Waals surface area contributed by atoms with Crippen LogP contribution in [0.3, 0.4) is 0 Å². The molecule has 19 heavy (non-hydrogen) atoms. The van der Waals surface area contributed by atoms with Crippen LogP contribution in [0.2, 0.25) is 0 Å². The van der Waals surface area contributed by atoms with E-state index in [1.54, 1.807) is 30.2 Å². The SMILES string of the molecule is C=C(C=C=O)NC(OC)c1ccccc1CC(=O)O. The van der Waals surface area contributed by atoms with Crippen molar-refractivity contribution in [3.63, 3.8) is 0 Å². The second kappa shape index (κ2) is 7.16. The quantitative estimate of drug-likeness (QED) is 0.441. The zero-order valence-corrected chi connectivity index (χ0v) is 10.6. The molecule has 0 aliphatic rings. The first-order valence-corrected chi connectivity index (χ1v) is 5.57. The van der Waals surface area contributed by atoms with Crippen molar-refractivity contribution >= 4 is 11.9 Å². The minimum atomic E-state index is -0.922. The van der Waals surface area contributed by atoms with Crippen LogP contribution in [0.4, 0.5) is 0 Å². The number of methoxy groups -OCH3 is 1. The molecule has 5 heteroatoms. The third-order valence-corrected chi connectivity index (χ3v) is 2.46. The van der Waals surface area contributed by atoms with E-state index >= 15 is 0 Å². The van der Waals surface area contributed by atoms with Crippen molar-refractivity contribution in [3.05, 3.63) is 53.7 Å². The monoisotopic (exact) mass is 261 g/mol. The molecule has 0 saturated heterocycles. The van der Waals surface area contributed by atoms with Crippen LogP contribution in [0, 0.1) is 0 Å². The number of hydrogen-bond donors (Lipinski definition) is 2. The summed E-state index contributed by atoms with van der Waals surface area (Å²) in [6.07, 6.45) is 0.465. The van der Waals surface area contributed by atoms with E-state index in [-0.39, 0.29) is 6.42 Å². The Balaban J connectivity index is 3.00. The van der Waals surface area contributed by atoms with E-state index < -0.39 is 12.2 Å². The molecule has 0 aromatic heterocycles. The number of carbonyl (C=O) groups excluding carboxylic acids is 1. The number of hydrogen-bond acceptors (Lipinski definition) is 4. The lowest BCUT2D eigenvalue weighted by Gasteiger charge is -2.20. The summed E-state index contributed by atoms with van der Waals surface area (Å²) >= 11 is 0. The highest BCUT2D eigenvalue weighted by atomic mass is 16.5. The van der Waals surface area contributed by atoms with Gasteiger partial charge >= 0.3 is 5.97 Å².